The minimum absolute atomic E-state index is 0.0194. The molecular formula is C18H23NO3. The first-order valence-electron chi connectivity index (χ1n) is 8.20. The molecule has 118 valence electrons. The molecule has 1 spiro atoms. The van der Waals surface area contributed by atoms with Crippen LogP contribution in [0.1, 0.15) is 50.2 Å². The Morgan fingerprint density at radius 2 is 2.18 bits per heavy atom. The number of hydrogen-bond donors (Lipinski definition) is 2. The Bertz CT molecular complexity index is 598. The van der Waals surface area contributed by atoms with Crippen molar-refractivity contribution >= 4 is 11.9 Å². The zero-order chi connectivity index (χ0) is 15.7. The third-order valence-electron chi connectivity index (χ3n) is 5.25. The molecule has 0 aromatic heterocycles. The molecule has 4 nitrogen and oxygen atoms in total. The third kappa shape index (κ3) is 2.51. The summed E-state index contributed by atoms with van der Waals surface area (Å²) in [6, 6.07) is 7.59. The molecule has 2 N–H and O–H groups in total. The van der Waals surface area contributed by atoms with Crippen LogP contribution in [0, 0.1) is 5.92 Å². The molecule has 0 aliphatic heterocycles. The molecule has 1 fully saturated rings. The number of hydrogen-bond acceptors (Lipinski definition) is 2. The van der Waals surface area contributed by atoms with Crippen molar-refractivity contribution in [3.8, 4) is 0 Å². The van der Waals surface area contributed by atoms with Gasteiger partial charge in [-0.3, -0.25) is 4.79 Å². The average molecular weight is 301 g/mol. The van der Waals surface area contributed by atoms with Gasteiger partial charge in [0.1, 0.15) is 6.04 Å². The van der Waals surface area contributed by atoms with Crippen LogP contribution in [-0.4, -0.2) is 23.0 Å². The number of nitrogens with one attached hydrogen (secondary N) is 1. The molecule has 2 aliphatic rings. The number of aryl methyl sites for hydroxylation is 1. The predicted molar refractivity (Wildman–Crippen MR) is 83.6 cm³/mol. The molecule has 1 saturated carbocycles. The van der Waals surface area contributed by atoms with E-state index in [0.29, 0.717) is 6.42 Å². The van der Waals surface area contributed by atoms with Crippen molar-refractivity contribution in [1.29, 1.82) is 0 Å². The summed E-state index contributed by atoms with van der Waals surface area (Å²) in [5.41, 5.74) is 2.63. The number of amides is 1. The van der Waals surface area contributed by atoms with Crippen molar-refractivity contribution in [3.05, 3.63) is 35.4 Å². The van der Waals surface area contributed by atoms with Crippen LogP contribution in [-0.2, 0) is 21.4 Å². The van der Waals surface area contributed by atoms with Gasteiger partial charge in [-0.05, 0) is 36.8 Å². The standard InChI is InChI=1S/C18H23NO3/c1-2-3-8-15(17(21)22)19-16(20)14-11-18(14)10-9-12-6-4-5-7-13(12)18/h4-7,14-15H,2-3,8-11H2,1H3,(H,19,20)(H,21,22)/t14?,15-,18?/m0/s1. The van der Waals surface area contributed by atoms with Crippen molar-refractivity contribution in [3.63, 3.8) is 0 Å². The van der Waals surface area contributed by atoms with Crippen molar-refractivity contribution in [2.75, 3.05) is 0 Å². The topological polar surface area (TPSA) is 66.4 Å². The molecule has 1 aromatic rings. The number of carboxylic acids is 1. The van der Waals surface area contributed by atoms with E-state index in [4.69, 9.17) is 0 Å². The number of unbranched alkanes of at least 4 members (excludes halogenated alkanes) is 1. The zero-order valence-electron chi connectivity index (χ0n) is 13.0. The van der Waals surface area contributed by atoms with E-state index in [9.17, 15) is 14.7 Å². The monoisotopic (exact) mass is 301 g/mol. The summed E-state index contributed by atoms with van der Waals surface area (Å²) in [4.78, 5) is 23.8. The summed E-state index contributed by atoms with van der Waals surface area (Å²) in [5.74, 6) is -1.07. The first-order valence-corrected chi connectivity index (χ1v) is 8.20. The molecule has 0 radical (unpaired) electrons. The molecule has 1 aromatic carbocycles. The van der Waals surface area contributed by atoms with Gasteiger partial charge in [0.25, 0.3) is 0 Å². The van der Waals surface area contributed by atoms with Gasteiger partial charge in [0, 0.05) is 11.3 Å². The quantitative estimate of drug-likeness (QED) is 0.849. The van der Waals surface area contributed by atoms with Gasteiger partial charge in [0.2, 0.25) is 5.91 Å². The number of carboxylic acid groups (broad SMARTS) is 1. The molecule has 22 heavy (non-hydrogen) atoms. The number of carbonyl (C=O) groups excluding carboxylic acids is 1. The second-order valence-corrected chi connectivity index (χ2v) is 6.61. The highest BCUT2D eigenvalue weighted by atomic mass is 16.4. The van der Waals surface area contributed by atoms with E-state index in [2.05, 4.69) is 17.4 Å². The molecule has 4 heteroatoms. The molecule has 3 rings (SSSR count). The molecule has 3 atom stereocenters. The Balaban J connectivity index is 1.67. The maximum absolute atomic E-state index is 12.5. The minimum Gasteiger partial charge on any atom is -0.480 e. The largest absolute Gasteiger partial charge is 0.480 e. The van der Waals surface area contributed by atoms with Crippen LogP contribution < -0.4 is 5.32 Å². The number of carbonyl (C=O) groups is 2. The van der Waals surface area contributed by atoms with Crippen molar-refractivity contribution in [2.45, 2.75) is 56.9 Å². The van der Waals surface area contributed by atoms with Crippen LogP contribution in [0.25, 0.3) is 0 Å². The van der Waals surface area contributed by atoms with Gasteiger partial charge in [0.05, 0.1) is 0 Å². The maximum atomic E-state index is 12.5. The summed E-state index contributed by atoms with van der Waals surface area (Å²) in [6.45, 7) is 2.02. The second-order valence-electron chi connectivity index (χ2n) is 6.61. The summed E-state index contributed by atoms with van der Waals surface area (Å²) in [5, 5.41) is 12.0. The normalized spacial score (nSPS) is 26.5. The van der Waals surface area contributed by atoms with Gasteiger partial charge in [0.15, 0.2) is 0 Å². The molecule has 0 saturated heterocycles. The molecule has 1 amide bonds. The molecule has 2 aliphatic carbocycles. The molecule has 2 unspecified atom stereocenters. The van der Waals surface area contributed by atoms with E-state index < -0.39 is 12.0 Å². The van der Waals surface area contributed by atoms with Gasteiger partial charge >= 0.3 is 5.97 Å². The fourth-order valence-electron chi connectivity index (χ4n) is 3.88. The van der Waals surface area contributed by atoms with Crippen LogP contribution in [0.2, 0.25) is 0 Å². The SMILES string of the molecule is CCCC[C@H](NC(=O)C1CC12CCc1ccccc12)C(=O)O. The Hall–Kier alpha value is -1.84. The number of benzene rings is 1. The smallest absolute Gasteiger partial charge is 0.326 e. The lowest BCUT2D eigenvalue weighted by Gasteiger charge is -2.16. The summed E-state index contributed by atoms with van der Waals surface area (Å²) in [6.07, 6.45) is 5.15. The fourth-order valence-corrected chi connectivity index (χ4v) is 3.88. The number of rotatable bonds is 6. The van der Waals surface area contributed by atoms with E-state index in [1.165, 1.54) is 11.1 Å². The fraction of sp³-hybridized carbons (Fsp3) is 0.556. The predicted octanol–water partition coefficient (Wildman–Crippen LogP) is 2.65. The maximum Gasteiger partial charge on any atom is 0.326 e. The van der Waals surface area contributed by atoms with Crippen LogP contribution in [0.3, 0.4) is 0 Å². The first kappa shape index (κ1) is 15.1. The third-order valence-corrected chi connectivity index (χ3v) is 5.25. The van der Waals surface area contributed by atoms with Gasteiger partial charge in [-0.15, -0.1) is 0 Å². The lowest BCUT2D eigenvalue weighted by molar-refractivity contribution is -0.142. The highest BCUT2D eigenvalue weighted by molar-refractivity contribution is 5.88. The van der Waals surface area contributed by atoms with Gasteiger partial charge < -0.3 is 10.4 Å². The van der Waals surface area contributed by atoms with Gasteiger partial charge in [-0.25, -0.2) is 4.79 Å². The number of aliphatic carboxylic acids is 1. The Morgan fingerprint density at radius 1 is 1.41 bits per heavy atom. The van der Waals surface area contributed by atoms with Crippen LogP contribution in [0.5, 0.6) is 0 Å². The van der Waals surface area contributed by atoms with Crippen LogP contribution in [0.4, 0.5) is 0 Å². The molecule has 0 bridgehead atoms. The summed E-state index contributed by atoms with van der Waals surface area (Å²) >= 11 is 0. The Morgan fingerprint density at radius 3 is 2.91 bits per heavy atom. The van der Waals surface area contributed by atoms with Crippen molar-refractivity contribution in [2.24, 2.45) is 5.92 Å². The van der Waals surface area contributed by atoms with E-state index in [-0.39, 0.29) is 17.2 Å². The van der Waals surface area contributed by atoms with Crippen molar-refractivity contribution in [1.82, 2.24) is 5.32 Å². The lowest BCUT2D eigenvalue weighted by atomic mass is 9.95. The summed E-state index contributed by atoms with van der Waals surface area (Å²) < 4.78 is 0. The van der Waals surface area contributed by atoms with E-state index in [1.807, 2.05) is 19.1 Å². The zero-order valence-corrected chi connectivity index (χ0v) is 13.0. The van der Waals surface area contributed by atoms with E-state index in [1.54, 1.807) is 0 Å². The van der Waals surface area contributed by atoms with Gasteiger partial charge in [-0.1, -0.05) is 44.0 Å². The average Bonchev–Trinajstić information content (AvgIpc) is 3.13. The lowest BCUT2D eigenvalue weighted by Crippen LogP contribution is -2.42. The molecular weight excluding hydrogens is 278 g/mol. The van der Waals surface area contributed by atoms with Crippen LogP contribution >= 0.6 is 0 Å². The second kappa shape index (κ2) is 5.75. The van der Waals surface area contributed by atoms with E-state index >= 15 is 0 Å². The van der Waals surface area contributed by atoms with E-state index in [0.717, 1.165) is 32.1 Å². The van der Waals surface area contributed by atoms with Crippen molar-refractivity contribution < 1.29 is 14.7 Å². The van der Waals surface area contributed by atoms with Crippen LogP contribution in [0.15, 0.2) is 24.3 Å². The Kier molecular flexibility index (Phi) is 3.94. The molecule has 0 heterocycles. The number of fused-ring (bicyclic) bond motifs is 2. The van der Waals surface area contributed by atoms with Gasteiger partial charge in [-0.2, -0.15) is 0 Å². The first-order chi connectivity index (χ1) is 10.6. The highest BCUT2D eigenvalue weighted by Crippen LogP contribution is 2.61. The minimum atomic E-state index is -0.927. The summed E-state index contributed by atoms with van der Waals surface area (Å²) in [7, 11) is 0. The highest BCUT2D eigenvalue weighted by Gasteiger charge is 2.61. The Labute approximate surface area is 130 Å².